The maximum Gasteiger partial charge on any atom is 0.337 e. The molecule has 2 rings (SSSR count). The summed E-state index contributed by atoms with van der Waals surface area (Å²) in [4.78, 5) is 11.2. The molecule has 1 N–H and O–H groups in total. The number of aromatic carboxylic acids is 1. The van der Waals surface area contributed by atoms with Gasteiger partial charge in [-0.3, -0.25) is 0 Å². The molecule has 5 heteroatoms. The van der Waals surface area contributed by atoms with Gasteiger partial charge in [0.15, 0.2) is 0 Å². The molecular formula is C15H17NO4. The Labute approximate surface area is 117 Å². The molecule has 0 unspecified atom stereocenters. The van der Waals surface area contributed by atoms with E-state index in [0.717, 1.165) is 11.4 Å². The highest BCUT2D eigenvalue weighted by atomic mass is 16.5. The smallest absolute Gasteiger partial charge is 0.337 e. The minimum Gasteiger partial charge on any atom is -0.497 e. The van der Waals surface area contributed by atoms with E-state index in [0.29, 0.717) is 23.5 Å². The summed E-state index contributed by atoms with van der Waals surface area (Å²) in [6, 6.07) is 7.04. The first-order valence-corrected chi connectivity index (χ1v) is 6.28. The number of methoxy groups -OCH3 is 2. The Hall–Kier alpha value is -2.43. The summed E-state index contributed by atoms with van der Waals surface area (Å²) in [6.45, 7) is 1.92. The third kappa shape index (κ3) is 2.34. The lowest BCUT2D eigenvalue weighted by atomic mass is 10.2. The number of aromatic nitrogens is 1. The van der Waals surface area contributed by atoms with Crippen LogP contribution < -0.4 is 9.47 Å². The maximum atomic E-state index is 11.2. The monoisotopic (exact) mass is 275 g/mol. The van der Waals surface area contributed by atoms with Gasteiger partial charge >= 0.3 is 5.97 Å². The summed E-state index contributed by atoms with van der Waals surface area (Å²) < 4.78 is 12.4. The fourth-order valence-electron chi connectivity index (χ4n) is 2.23. The lowest BCUT2D eigenvalue weighted by molar-refractivity contribution is 0.0695. The maximum absolute atomic E-state index is 11.2. The lowest BCUT2D eigenvalue weighted by Crippen LogP contribution is -2.05. The van der Waals surface area contributed by atoms with Crippen molar-refractivity contribution in [3.8, 4) is 17.2 Å². The second-order valence-corrected chi connectivity index (χ2v) is 4.24. The average Bonchev–Trinajstić information content (AvgIpc) is 2.90. The van der Waals surface area contributed by atoms with Gasteiger partial charge in [0, 0.05) is 18.0 Å². The first kappa shape index (κ1) is 14.0. The number of ether oxygens (including phenoxy) is 2. The molecule has 1 aromatic heterocycles. The van der Waals surface area contributed by atoms with Gasteiger partial charge in [-0.2, -0.15) is 0 Å². The largest absolute Gasteiger partial charge is 0.497 e. The van der Waals surface area contributed by atoms with Crippen molar-refractivity contribution in [2.75, 3.05) is 14.2 Å². The fourth-order valence-corrected chi connectivity index (χ4v) is 2.23. The highest BCUT2D eigenvalue weighted by molar-refractivity contribution is 5.89. The van der Waals surface area contributed by atoms with E-state index in [4.69, 9.17) is 9.47 Å². The molecule has 0 aliphatic carbocycles. The van der Waals surface area contributed by atoms with Crippen LogP contribution in [0.5, 0.6) is 11.5 Å². The van der Waals surface area contributed by atoms with Crippen molar-refractivity contribution < 1.29 is 19.4 Å². The molecular weight excluding hydrogens is 258 g/mol. The Morgan fingerprint density at radius 1 is 1.25 bits per heavy atom. The number of hydrogen-bond acceptors (Lipinski definition) is 3. The van der Waals surface area contributed by atoms with Crippen molar-refractivity contribution in [1.29, 1.82) is 0 Å². The normalized spacial score (nSPS) is 10.3. The van der Waals surface area contributed by atoms with Gasteiger partial charge in [0.2, 0.25) is 0 Å². The predicted octanol–water partition coefficient (Wildman–Crippen LogP) is 2.76. The molecule has 0 aliphatic heterocycles. The van der Waals surface area contributed by atoms with E-state index in [-0.39, 0.29) is 0 Å². The molecule has 0 radical (unpaired) electrons. The third-order valence-electron chi connectivity index (χ3n) is 3.20. The van der Waals surface area contributed by atoms with Gasteiger partial charge in [-0.05, 0) is 24.6 Å². The van der Waals surface area contributed by atoms with E-state index in [1.54, 1.807) is 32.5 Å². The number of benzene rings is 1. The summed E-state index contributed by atoms with van der Waals surface area (Å²) >= 11 is 0. The number of nitrogens with zero attached hydrogens (tertiary/aromatic N) is 1. The van der Waals surface area contributed by atoms with Crippen LogP contribution in [0, 0.1) is 0 Å². The fraction of sp³-hybridized carbons (Fsp3) is 0.267. The van der Waals surface area contributed by atoms with Crippen LogP contribution >= 0.6 is 0 Å². The third-order valence-corrected chi connectivity index (χ3v) is 3.20. The summed E-state index contributed by atoms with van der Waals surface area (Å²) in [7, 11) is 3.16. The van der Waals surface area contributed by atoms with Gasteiger partial charge in [0.1, 0.15) is 11.5 Å². The van der Waals surface area contributed by atoms with Crippen molar-refractivity contribution in [2.24, 2.45) is 0 Å². The van der Waals surface area contributed by atoms with Crippen molar-refractivity contribution in [1.82, 2.24) is 4.57 Å². The van der Waals surface area contributed by atoms with E-state index < -0.39 is 5.97 Å². The van der Waals surface area contributed by atoms with Crippen molar-refractivity contribution in [2.45, 2.75) is 13.3 Å². The van der Waals surface area contributed by atoms with Crippen LogP contribution in [0.15, 0.2) is 30.5 Å². The summed E-state index contributed by atoms with van der Waals surface area (Å²) in [5, 5.41) is 9.20. The molecule has 0 saturated carbocycles. The molecule has 0 bridgehead atoms. The van der Waals surface area contributed by atoms with Crippen molar-refractivity contribution in [3.63, 3.8) is 0 Å². The van der Waals surface area contributed by atoms with Crippen LogP contribution in [0.25, 0.3) is 5.69 Å². The summed E-state index contributed by atoms with van der Waals surface area (Å²) in [6.07, 6.45) is 2.36. The molecule has 1 heterocycles. The molecule has 106 valence electrons. The van der Waals surface area contributed by atoms with E-state index in [1.807, 2.05) is 23.6 Å². The Morgan fingerprint density at radius 3 is 2.55 bits per heavy atom. The van der Waals surface area contributed by atoms with Crippen LogP contribution in [0.4, 0.5) is 0 Å². The van der Waals surface area contributed by atoms with Crippen LogP contribution in [0.3, 0.4) is 0 Å². The van der Waals surface area contributed by atoms with Gasteiger partial charge in [-0.15, -0.1) is 0 Å². The molecule has 0 fully saturated rings. The molecule has 0 spiro atoms. The Kier molecular flexibility index (Phi) is 3.98. The molecule has 0 atom stereocenters. The molecule has 1 aromatic carbocycles. The van der Waals surface area contributed by atoms with Crippen molar-refractivity contribution in [3.05, 3.63) is 41.7 Å². The number of carbonyl (C=O) groups is 1. The molecule has 2 aromatic rings. The van der Waals surface area contributed by atoms with Gasteiger partial charge in [-0.25, -0.2) is 4.79 Å². The highest BCUT2D eigenvalue weighted by Crippen LogP contribution is 2.30. The Morgan fingerprint density at radius 2 is 2.00 bits per heavy atom. The molecule has 0 amide bonds. The minimum absolute atomic E-state index is 0.311. The lowest BCUT2D eigenvalue weighted by Gasteiger charge is -2.14. The Balaban J connectivity index is 2.59. The Bertz CT molecular complexity index is 631. The zero-order valence-corrected chi connectivity index (χ0v) is 11.7. The number of carboxylic acid groups (broad SMARTS) is 1. The molecule has 0 aliphatic rings. The van der Waals surface area contributed by atoms with Gasteiger partial charge in [0.25, 0.3) is 0 Å². The van der Waals surface area contributed by atoms with Gasteiger partial charge in [-0.1, -0.05) is 6.92 Å². The standard InChI is InChI=1S/C15H17NO4/c1-4-12-11(15(17)18)7-8-16(12)13-6-5-10(19-2)9-14(13)20-3/h5-9H,4H2,1-3H3,(H,17,18). The van der Waals surface area contributed by atoms with Gasteiger partial charge in [0.05, 0.1) is 25.5 Å². The molecule has 5 nitrogen and oxygen atoms in total. The number of rotatable bonds is 5. The SMILES string of the molecule is CCc1c(C(=O)O)ccn1-c1ccc(OC)cc1OC. The van der Waals surface area contributed by atoms with Crippen LogP contribution in [0.2, 0.25) is 0 Å². The van der Waals surface area contributed by atoms with Crippen LogP contribution in [0.1, 0.15) is 23.0 Å². The van der Waals surface area contributed by atoms with Crippen LogP contribution in [-0.2, 0) is 6.42 Å². The minimum atomic E-state index is -0.923. The summed E-state index contributed by atoms with van der Waals surface area (Å²) in [5.41, 5.74) is 1.84. The average molecular weight is 275 g/mol. The summed E-state index contributed by atoms with van der Waals surface area (Å²) in [5.74, 6) is 0.397. The van der Waals surface area contributed by atoms with E-state index >= 15 is 0 Å². The molecule has 20 heavy (non-hydrogen) atoms. The predicted molar refractivity (Wildman–Crippen MR) is 75.2 cm³/mol. The molecule has 0 saturated heterocycles. The zero-order valence-electron chi connectivity index (χ0n) is 11.7. The van der Waals surface area contributed by atoms with Gasteiger partial charge < -0.3 is 19.1 Å². The first-order chi connectivity index (χ1) is 9.62. The zero-order chi connectivity index (χ0) is 14.7. The van der Waals surface area contributed by atoms with Crippen LogP contribution in [-0.4, -0.2) is 29.9 Å². The second-order valence-electron chi connectivity index (χ2n) is 4.24. The van der Waals surface area contributed by atoms with Crippen molar-refractivity contribution >= 4 is 5.97 Å². The second kappa shape index (κ2) is 5.69. The van der Waals surface area contributed by atoms with E-state index in [1.165, 1.54) is 0 Å². The topological polar surface area (TPSA) is 60.7 Å². The highest BCUT2D eigenvalue weighted by Gasteiger charge is 2.16. The van der Waals surface area contributed by atoms with E-state index in [9.17, 15) is 9.90 Å². The first-order valence-electron chi connectivity index (χ1n) is 6.28. The number of hydrogen-bond donors (Lipinski definition) is 1. The quantitative estimate of drug-likeness (QED) is 0.911. The van der Waals surface area contributed by atoms with E-state index in [2.05, 4.69) is 0 Å². The number of carboxylic acids is 1.